The Kier molecular flexibility index (Phi) is 3.14. The largest absolute Gasteiger partial charge is 0.423 e. The maximum absolute atomic E-state index is 12.7. The molecule has 0 saturated heterocycles. The summed E-state index contributed by atoms with van der Waals surface area (Å²) in [5.41, 5.74) is 0.543. The van der Waals surface area contributed by atoms with E-state index in [1.807, 2.05) is 6.92 Å². The highest BCUT2D eigenvalue weighted by molar-refractivity contribution is 7.91. The number of aryl methyl sites for hydroxylation is 1. The van der Waals surface area contributed by atoms with E-state index >= 15 is 0 Å². The molecule has 21 heavy (non-hydrogen) atoms. The molecule has 5 heteroatoms. The first kappa shape index (κ1) is 13.6. The van der Waals surface area contributed by atoms with Crippen LogP contribution in [-0.2, 0) is 9.84 Å². The normalized spacial score (nSPS) is 11.7. The molecule has 0 atom stereocenters. The van der Waals surface area contributed by atoms with Crippen LogP contribution in [0.1, 0.15) is 5.56 Å². The summed E-state index contributed by atoms with van der Waals surface area (Å²) in [5.74, 6) is 0. The van der Waals surface area contributed by atoms with Gasteiger partial charge in [-0.1, -0.05) is 29.8 Å². The number of para-hydroxylation sites is 1. The van der Waals surface area contributed by atoms with Gasteiger partial charge in [0, 0.05) is 11.5 Å². The lowest BCUT2D eigenvalue weighted by Crippen LogP contribution is -2.08. The van der Waals surface area contributed by atoms with Crippen LogP contribution in [0, 0.1) is 6.92 Å². The second kappa shape index (κ2) is 4.86. The smallest absolute Gasteiger partial charge is 0.337 e. The van der Waals surface area contributed by atoms with Gasteiger partial charge in [0.1, 0.15) is 5.58 Å². The Morgan fingerprint density at radius 1 is 0.952 bits per heavy atom. The molecule has 0 aliphatic carbocycles. The number of hydrogen-bond acceptors (Lipinski definition) is 4. The fourth-order valence-corrected chi connectivity index (χ4v) is 3.61. The molecular formula is C16H12O4S. The molecule has 106 valence electrons. The maximum Gasteiger partial charge on any atom is 0.337 e. The first-order valence-corrected chi connectivity index (χ1v) is 7.81. The summed E-state index contributed by atoms with van der Waals surface area (Å²) in [7, 11) is -3.76. The van der Waals surface area contributed by atoms with Crippen LogP contribution in [-0.4, -0.2) is 8.42 Å². The number of benzene rings is 2. The summed E-state index contributed by atoms with van der Waals surface area (Å²) in [6.07, 6.45) is 0. The Bertz CT molecular complexity index is 967. The summed E-state index contributed by atoms with van der Waals surface area (Å²) in [4.78, 5) is 11.7. The standard InChI is InChI=1S/C16H12O4S/c1-11-6-8-12(9-7-11)21(18,19)15-10-16(17)20-14-5-3-2-4-13(14)15/h2-10H,1H3. The quantitative estimate of drug-likeness (QED) is 0.683. The van der Waals surface area contributed by atoms with Gasteiger partial charge in [-0.05, 0) is 31.2 Å². The molecule has 0 saturated carbocycles. The zero-order valence-electron chi connectivity index (χ0n) is 11.2. The zero-order valence-corrected chi connectivity index (χ0v) is 12.1. The van der Waals surface area contributed by atoms with Crippen LogP contribution in [0.2, 0.25) is 0 Å². The van der Waals surface area contributed by atoms with Crippen LogP contribution in [0.3, 0.4) is 0 Å². The van der Waals surface area contributed by atoms with E-state index in [1.165, 1.54) is 12.1 Å². The van der Waals surface area contributed by atoms with Crippen molar-refractivity contribution in [1.29, 1.82) is 0 Å². The van der Waals surface area contributed by atoms with Crippen LogP contribution < -0.4 is 5.63 Å². The van der Waals surface area contributed by atoms with E-state index in [1.54, 1.807) is 36.4 Å². The van der Waals surface area contributed by atoms with Gasteiger partial charge in [-0.25, -0.2) is 13.2 Å². The first-order valence-electron chi connectivity index (χ1n) is 6.33. The Morgan fingerprint density at radius 3 is 2.33 bits per heavy atom. The fourth-order valence-electron chi connectivity index (χ4n) is 2.15. The molecule has 2 aromatic carbocycles. The van der Waals surface area contributed by atoms with Crippen molar-refractivity contribution in [1.82, 2.24) is 0 Å². The van der Waals surface area contributed by atoms with Crippen LogP contribution in [0.4, 0.5) is 0 Å². The van der Waals surface area contributed by atoms with E-state index < -0.39 is 15.5 Å². The van der Waals surface area contributed by atoms with Gasteiger partial charge in [-0.2, -0.15) is 0 Å². The third-order valence-corrected chi connectivity index (χ3v) is 5.04. The van der Waals surface area contributed by atoms with Gasteiger partial charge in [0.05, 0.1) is 9.79 Å². The lowest BCUT2D eigenvalue weighted by Gasteiger charge is -2.07. The Morgan fingerprint density at radius 2 is 1.62 bits per heavy atom. The molecule has 1 heterocycles. The number of hydrogen-bond donors (Lipinski definition) is 0. The minimum Gasteiger partial charge on any atom is -0.423 e. The third-order valence-electron chi connectivity index (χ3n) is 3.23. The molecule has 0 bridgehead atoms. The number of fused-ring (bicyclic) bond motifs is 1. The minimum atomic E-state index is -3.76. The highest BCUT2D eigenvalue weighted by Crippen LogP contribution is 2.27. The predicted octanol–water partition coefficient (Wildman–Crippen LogP) is 2.93. The zero-order chi connectivity index (χ0) is 15.0. The lowest BCUT2D eigenvalue weighted by atomic mass is 10.2. The van der Waals surface area contributed by atoms with Gasteiger partial charge >= 0.3 is 5.63 Å². The molecule has 3 rings (SSSR count). The summed E-state index contributed by atoms with van der Waals surface area (Å²) >= 11 is 0. The van der Waals surface area contributed by atoms with Crippen molar-refractivity contribution >= 4 is 20.8 Å². The topological polar surface area (TPSA) is 64.3 Å². The molecule has 3 aromatic rings. The van der Waals surface area contributed by atoms with E-state index in [9.17, 15) is 13.2 Å². The summed E-state index contributed by atoms with van der Waals surface area (Å²) < 4.78 is 30.5. The fraction of sp³-hybridized carbons (Fsp3) is 0.0625. The van der Waals surface area contributed by atoms with Crippen LogP contribution in [0.15, 0.2) is 73.6 Å². The van der Waals surface area contributed by atoms with Gasteiger partial charge in [0.15, 0.2) is 0 Å². The molecule has 0 N–H and O–H groups in total. The summed E-state index contributed by atoms with van der Waals surface area (Å²) in [5, 5.41) is 0.401. The van der Waals surface area contributed by atoms with E-state index in [0.29, 0.717) is 5.39 Å². The van der Waals surface area contributed by atoms with Crippen LogP contribution in [0.25, 0.3) is 11.0 Å². The van der Waals surface area contributed by atoms with Crippen molar-refractivity contribution in [2.24, 2.45) is 0 Å². The summed E-state index contributed by atoms with van der Waals surface area (Å²) in [6, 6.07) is 14.1. The van der Waals surface area contributed by atoms with Crippen molar-refractivity contribution in [2.75, 3.05) is 0 Å². The third kappa shape index (κ3) is 2.36. The first-order chi connectivity index (χ1) is 9.98. The van der Waals surface area contributed by atoms with Crippen LogP contribution >= 0.6 is 0 Å². The number of rotatable bonds is 2. The SMILES string of the molecule is Cc1ccc(S(=O)(=O)c2cc(=O)oc3ccccc23)cc1. The Labute approximate surface area is 121 Å². The van der Waals surface area contributed by atoms with E-state index in [-0.39, 0.29) is 15.4 Å². The van der Waals surface area contributed by atoms with Gasteiger partial charge in [-0.3, -0.25) is 0 Å². The van der Waals surface area contributed by atoms with E-state index in [0.717, 1.165) is 11.6 Å². The number of sulfone groups is 1. The van der Waals surface area contributed by atoms with Crippen molar-refractivity contribution in [2.45, 2.75) is 16.7 Å². The maximum atomic E-state index is 12.7. The molecule has 0 radical (unpaired) electrons. The predicted molar refractivity (Wildman–Crippen MR) is 79.1 cm³/mol. The van der Waals surface area contributed by atoms with Gasteiger partial charge in [0.2, 0.25) is 9.84 Å². The van der Waals surface area contributed by atoms with Crippen molar-refractivity contribution in [3.8, 4) is 0 Å². The molecule has 0 spiro atoms. The Balaban J connectivity index is 2.33. The highest BCUT2D eigenvalue weighted by Gasteiger charge is 2.21. The molecule has 0 fully saturated rings. The molecule has 0 unspecified atom stereocenters. The van der Waals surface area contributed by atoms with Crippen molar-refractivity contribution in [3.05, 3.63) is 70.6 Å². The lowest BCUT2D eigenvalue weighted by molar-refractivity contribution is 0.553. The van der Waals surface area contributed by atoms with Gasteiger partial charge < -0.3 is 4.42 Å². The molecule has 0 amide bonds. The van der Waals surface area contributed by atoms with E-state index in [4.69, 9.17) is 4.42 Å². The average molecular weight is 300 g/mol. The average Bonchev–Trinajstić information content (AvgIpc) is 2.46. The van der Waals surface area contributed by atoms with Gasteiger partial charge in [-0.15, -0.1) is 0 Å². The van der Waals surface area contributed by atoms with Crippen molar-refractivity contribution < 1.29 is 12.8 Å². The molecular weight excluding hydrogens is 288 g/mol. The second-order valence-electron chi connectivity index (χ2n) is 4.74. The molecule has 1 aromatic heterocycles. The minimum absolute atomic E-state index is 0.0294. The van der Waals surface area contributed by atoms with Crippen LogP contribution in [0.5, 0.6) is 0 Å². The molecule has 0 aliphatic heterocycles. The molecule has 4 nitrogen and oxygen atoms in total. The molecule has 0 aliphatic rings. The summed E-state index contributed by atoms with van der Waals surface area (Å²) in [6.45, 7) is 1.88. The van der Waals surface area contributed by atoms with Gasteiger partial charge in [0.25, 0.3) is 0 Å². The van der Waals surface area contributed by atoms with Crippen molar-refractivity contribution in [3.63, 3.8) is 0 Å². The van der Waals surface area contributed by atoms with E-state index in [2.05, 4.69) is 0 Å². The monoisotopic (exact) mass is 300 g/mol. The highest BCUT2D eigenvalue weighted by atomic mass is 32.2. The Hall–Kier alpha value is -2.40. The second-order valence-corrected chi connectivity index (χ2v) is 6.66.